The summed E-state index contributed by atoms with van der Waals surface area (Å²) < 4.78 is 11.2. The Kier molecular flexibility index (Phi) is 4.08. The molecule has 4 nitrogen and oxygen atoms in total. The van der Waals surface area contributed by atoms with Crippen molar-refractivity contribution in [1.82, 2.24) is 0 Å². The van der Waals surface area contributed by atoms with Crippen LogP contribution in [-0.2, 0) is 16.1 Å². The minimum atomic E-state index is -0.856. The molecule has 1 aliphatic heterocycles. The van der Waals surface area contributed by atoms with E-state index in [9.17, 15) is 10.2 Å². The monoisotopic (exact) mass is 278 g/mol. The van der Waals surface area contributed by atoms with Crippen molar-refractivity contribution in [3.05, 3.63) is 35.9 Å². The van der Waals surface area contributed by atoms with Crippen molar-refractivity contribution in [2.75, 3.05) is 6.61 Å². The maximum atomic E-state index is 10.4. The predicted octanol–water partition coefficient (Wildman–Crippen LogP) is 1.84. The minimum absolute atomic E-state index is 0.314. The highest BCUT2D eigenvalue weighted by Gasteiger charge is 2.56. The maximum Gasteiger partial charge on any atom is 0.163 e. The molecule has 1 heterocycles. The molecular weight excluding hydrogens is 256 g/mol. The van der Waals surface area contributed by atoms with Crippen LogP contribution in [0.5, 0.6) is 0 Å². The highest BCUT2D eigenvalue weighted by Crippen LogP contribution is 2.50. The zero-order chi connectivity index (χ0) is 14.0. The summed E-state index contributed by atoms with van der Waals surface area (Å²) in [4.78, 5) is 0. The SMILES string of the molecule is O[C@@H]1[C@@H](COCc2ccccc2)O[C@H](O)C12CCCC2. The van der Waals surface area contributed by atoms with Gasteiger partial charge >= 0.3 is 0 Å². The fourth-order valence-electron chi connectivity index (χ4n) is 3.47. The van der Waals surface area contributed by atoms with Gasteiger partial charge in [-0.25, -0.2) is 0 Å². The van der Waals surface area contributed by atoms with E-state index in [0.29, 0.717) is 13.2 Å². The Balaban J connectivity index is 1.54. The van der Waals surface area contributed by atoms with Crippen molar-refractivity contribution in [2.45, 2.75) is 50.8 Å². The third-order valence-corrected chi connectivity index (χ3v) is 4.66. The molecule has 0 radical (unpaired) electrons. The Morgan fingerprint density at radius 3 is 2.55 bits per heavy atom. The molecular formula is C16H22O4. The van der Waals surface area contributed by atoms with Crippen LogP contribution in [0.3, 0.4) is 0 Å². The number of rotatable bonds is 4. The van der Waals surface area contributed by atoms with E-state index in [1.54, 1.807) is 0 Å². The molecule has 20 heavy (non-hydrogen) atoms. The molecule has 1 aromatic carbocycles. The summed E-state index contributed by atoms with van der Waals surface area (Å²) in [5, 5.41) is 20.5. The van der Waals surface area contributed by atoms with Gasteiger partial charge in [-0.1, -0.05) is 43.2 Å². The van der Waals surface area contributed by atoms with Crippen LogP contribution in [0.1, 0.15) is 31.2 Å². The van der Waals surface area contributed by atoms with Gasteiger partial charge < -0.3 is 19.7 Å². The van der Waals surface area contributed by atoms with Gasteiger partial charge in [-0.15, -0.1) is 0 Å². The summed E-state index contributed by atoms with van der Waals surface area (Å²) in [5.74, 6) is 0. The molecule has 1 aromatic rings. The van der Waals surface area contributed by atoms with E-state index < -0.39 is 23.9 Å². The second kappa shape index (κ2) is 5.82. The summed E-state index contributed by atoms with van der Waals surface area (Å²) in [5.41, 5.74) is 0.636. The van der Waals surface area contributed by atoms with Crippen molar-refractivity contribution in [3.63, 3.8) is 0 Å². The molecule has 110 valence electrons. The maximum absolute atomic E-state index is 10.4. The van der Waals surface area contributed by atoms with E-state index in [-0.39, 0.29) is 0 Å². The van der Waals surface area contributed by atoms with Crippen LogP contribution in [0.2, 0.25) is 0 Å². The van der Waals surface area contributed by atoms with Crippen LogP contribution < -0.4 is 0 Å². The summed E-state index contributed by atoms with van der Waals surface area (Å²) in [6.45, 7) is 0.811. The molecule has 1 saturated carbocycles. The van der Waals surface area contributed by atoms with Gasteiger partial charge in [0.1, 0.15) is 6.10 Å². The van der Waals surface area contributed by atoms with Gasteiger partial charge in [0.2, 0.25) is 0 Å². The Hall–Kier alpha value is -0.940. The quantitative estimate of drug-likeness (QED) is 0.882. The molecule has 0 bridgehead atoms. The van der Waals surface area contributed by atoms with E-state index in [0.717, 1.165) is 31.2 Å². The van der Waals surface area contributed by atoms with E-state index in [2.05, 4.69) is 0 Å². The highest BCUT2D eigenvalue weighted by atomic mass is 16.6. The first-order valence-electron chi connectivity index (χ1n) is 7.36. The van der Waals surface area contributed by atoms with E-state index >= 15 is 0 Å². The first-order valence-corrected chi connectivity index (χ1v) is 7.36. The lowest BCUT2D eigenvalue weighted by atomic mass is 9.80. The number of aliphatic hydroxyl groups is 2. The summed E-state index contributed by atoms with van der Waals surface area (Å²) in [6, 6.07) is 9.90. The van der Waals surface area contributed by atoms with Crippen molar-refractivity contribution in [3.8, 4) is 0 Å². The number of benzene rings is 1. The van der Waals surface area contributed by atoms with Gasteiger partial charge in [-0.2, -0.15) is 0 Å². The second-order valence-electron chi connectivity index (χ2n) is 5.91. The zero-order valence-corrected chi connectivity index (χ0v) is 11.6. The molecule has 0 aromatic heterocycles. The van der Waals surface area contributed by atoms with Crippen LogP contribution in [0.15, 0.2) is 30.3 Å². The van der Waals surface area contributed by atoms with Crippen molar-refractivity contribution < 1.29 is 19.7 Å². The van der Waals surface area contributed by atoms with Crippen molar-refractivity contribution in [1.29, 1.82) is 0 Å². The summed E-state index contributed by atoms with van der Waals surface area (Å²) >= 11 is 0. The van der Waals surface area contributed by atoms with Gasteiger partial charge in [0, 0.05) is 5.41 Å². The molecule has 2 fully saturated rings. The van der Waals surface area contributed by atoms with E-state index in [4.69, 9.17) is 9.47 Å². The van der Waals surface area contributed by atoms with Crippen molar-refractivity contribution >= 4 is 0 Å². The Morgan fingerprint density at radius 2 is 1.85 bits per heavy atom. The van der Waals surface area contributed by atoms with E-state index in [1.807, 2.05) is 30.3 Å². The number of aliphatic hydroxyl groups excluding tert-OH is 2. The van der Waals surface area contributed by atoms with Gasteiger partial charge in [-0.3, -0.25) is 0 Å². The standard InChI is InChI=1S/C16H22O4/c17-14-13(11-19-10-12-6-2-1-3-7-12)20-15(18)16(14)8-4-5-9-16/h1-3,6-7,13-15,17-18H,4-5,8-11H2/t13-,14-,15+/m1/s1. The molecule has 1 saturated heterocycles. The lowest BCUT2D eigenvalue weighted by Crippen LogP contribution is -2.39. The second-order valence-corrected chi connectivity index (χ2v) is 5.91. The molecule has 1 spiro atoms. The molecule has 3 atom stereocenters. The van der Waals surface area contributed by atoms with Gasteiger partial charge in [-0.05, 0) is 18.4 Å². The van der Waals surface area contributed by atoms with Gasteiger partial charge in [0.05, 0.1) is 19.3 Å². The van der Waals surface area contributed by atoms with Crippen molar-refractivity contribution in [2.24, 2.45) is 5.41 Å². The highest BCUT2D eigenvalue weighted by molar-refractivity contribution is 5.13. The summed E-state index contributed by atoms with van der Waals surface area (Å²) in [6.07, 6.45) is 1.87. The third-order valence-electron chi connectivity index (χ3n) is 4.66. The molecule has 2 aliphatic rings. The van der Waals surface area contributed by atoms with E-state index in [1.165, 1.54) is 0 Å². The Bertz CT molecular complexity index is 427. The first-order chi connectivity index (χ1) is 9.72. The number of ether oxygens (including phenoxy) is 2. The lowest BCUT2D eigenvalue weighted by Gasteiger charge is -2.29. The molecule has 4 heteroatoms. The number of hydrogen-bond donors (Lipinski definition) is 2. The van der Waals surface area contributed by atoms with Gasteiger partial charge in [0.25, 0.3) is 0 Å². The Labute approximate surface area is 119 Å². The Morgan fingerprint density at radius 1 is 1.15 bits per heavy atom. The predicted molar refractivity (Wildman–Crippen MR) is 73.9 cm³/mol. The average Bonchev–Trinajstić information content (AvgIpc) is 3.04. The normalized spacial score (nSPS) is 32.0. The fourth-order valence-corrected chi connectivity index (χ4v) is 3.47. The van der Waals surface area contributed by atoms with Gasteiger partial charge in [0.15, 0.2) is 6.29 Å². The van der Waals surface area contributed by atoms with Crippen LogP contribution in [0.4, 0.5) is 0 Å². The van der Waals surface area contributed by atoms with Crippen LogP contribution >= 0.6 is 0 Å². The molecule has 3 rings (SSSR count). The number of hydrogen-bond acceptors (Lipinski definition) is 4. The van der Waals surface area contributed by atoms with Crippen LogP contribution in [0.25, 0.3) is 0 Å². The molecule has 0 unspecified atom stereocenters. The molecule has 0 amide bonds. The molecule has 1 aliphatic carbocycles. The first kappa shape index (κ1) is 14.0. The largest absolute Gasteiger partial charge is 0.390 e. The summed E-state index contributed by atoms with van der Waals surface area (Å²) in [7, 11) is 0. The van der Waals surface area contributed by atoms with Crippen LogP contribution in [0, 0.1) is 5.41 Å². The smallest absolute Gasteiger partial charge is 0.163 e. The average molecular weight is 278 g/mol. The lowest BCUT2D eigenvalue weighted by molar-refractivity contribution is -0.144. The minimum Gasteiger partial charge on any atom is -0.390 e. The van der Waals surface area contributed by atoms with Crippen LogP contribution in [-0.4, -0.2) is 35.3 Å². The molecule has 2 N–H and O–H groups in total. The fraction of sp³-hybridized carbons (Fsp3) is 0.625. The zero-order valence-electron chi connectivity index (χ0n) is 11.6. The third kappa shape index (κ3) is 2.49. The topological polar surface area (TPSA) is 58.9 Å².